The highest BCUT2D eigenvalue weighted by Gasteiger charge is 2.15. The van der Waals surface area contributed by atoms with Crippen molar-refractivity contribution in [1.29, 1.82) is 5.26 Å². The minimum absolute atomic E-state index is 0.0725. The topological polar surface area (TPSA) is 117 Å². The van der Waals surface area contributed by atoms with Crippen LogP contribution in [0.25, 0.3) is 16.8 Å². The summed E-state index contributed by atoms with van der Waals surface area (Å²) in [7, 11) is 0. The maximum atomic E-state index is 11.4. The number of nitrogens with zero attached hydrogens (tertiary/aromatic N) is 4. The van der Waals surface area contributed by atoms with E-state index in [2.05, 4.69) is 10.1 Å². The summed E-state index contributed by atoms with van der Waals surface area (Å²) < 4.78 is 1.43. The Kier molecular flexibility index (Phi) is 2.77. The van der Waals surface area contributed by atoms with Crippen molar-refractivity contribution < 1.29 is 9.90 Å². The molecule has 3 aromatic rings. The van der Waals surface area contributed by atoms with Gasteiger partial charge in [-0.15, -0.1) is 5.10 Å². The van der Waals surface area contributed by atoms with Crippen LogP contribution in [0.2, 0.25) is 0 Å². The fraction of sp³-hybridized carbons (Fsp3) is 0. The molecule has 0 radical (unpaired) electrons. The number of rotatable bonds is 2. The quantitative estimate of drug-likeness (QED) is 0.734. The van der Waals surface area contributed by atoms with Gasteiger partial charge >= 0.3 is 5.97 Å². The van der Waals surface area contributed by atoms with Gasteiger partial charge in [-0.1, -0.05) is 12.1 Å². The molecule has 0 aliphatic carbocycles. The van der Waals surface area contributed by atoms with E-state index in [4.69, 9.17) is 11.0 Å². The van der Waals surface area contributed by atoms with Crippen LogP contribution in [-0.4, -0.2) is 25.7 Å². The molecule has 7 heteroatoms. The molecule has 2 heterocycles. The Labute approximate surface area is 118 Å². The molecule has 0 unspecified atom stereocenters. The molecule has 0 saturated carbocycles. The largest absolute Gasteiger partial charge is 0.478 e. The average Bonchev–Trinajstić information content (AvgIpc) is 2.85. The molecule has 3 N–H and O–H groups in total. The second-order valence-corrected chi connectivity index (χ2v) is 4.37. The Bertz CT molecular complexity index is 890. The molecule has 21 heavy (non-hydrogen) atoms. The van der Waals surface area contributed by atoms with Gasteiger partial charge in [0.05, 0.1) is 17.2 Å². The van der Waals surface area contributed by atoms with Crippen LogP contribution in [0.1, 0.15) is 15.9 Å². The number of nitrogens with two attached hydrogens (primary N) is 1. The zero-order valence-electron chi connectivity index (χ0n) is 10.7. The van der Waals surface area contributed by atoms with Crippen molar-refractivity contribution in [2.24, 2.45) is 0 Å². The van der Waals surface area contributed by atoms with Crippen molar-refractivity contribution >= 4 is 17.6 Å². The summed E-state index contributed by atoms with van der Waals surface area (Å²) in [5, 5.41) is 22.1. The van der Waals surface area contributed by atoms with Crippen LogP contribution < -0.4 is 5.73 Å². The first-order chi connectivity index (χ1) is 10.1. The van der Waals surface area contributed by atoms with Gasteiger partial charge in [0.2, 0.25) is 5.95 Å². The van der Waals surface area contributed by atoms with E-state index in [1.165, 1.54) is 10.6 Å². The summed E-state index contributed by atoms with van der Waals surface area (Å²) in [6.45, 7) is 0. The Morgan fingerprint density at radius 1 is 1.33 bits per heavy atom. The fourth-order valence-corrected chi connectivity index (χ4v) is 2.08. The Hall–Kier alpha value is -3.40. The first-order valence-electron chi connectivity index (χ1n) is 5.98. The molecule has 0 amide bonds. The molecule has 1 aromatic carbocycles. The van der Waals surface area contributed by atoms with Gasteiger partial charge in [0.1, 0.15) is 0 Å². The standard InChI is InChI=1S/C14H9N5O2/c15-6-8-1-3-9(4-2-8)11-7-19-12(17-14(16)18-19)5-10(11)13(20)21/h1-5,7H,(H2,16,18)(H,20,21). The van der Waals surface area contributed by atoms with Gasteiger partial charge in [-0.2, -0.15) is 10.2 Å². The summed E-state index contributed by atoms with van der Waals surface area (Å²) in [4.78, 5) is 15.4. The van der Waals surface area contributed by atoms with Crippen molar-refractivity contribution in [2.75, 3.05) is 5.73 Å². The van der Waals surface area contributed by atoms with E-state index in [1.54, 1.807) is 30.5 Å². The maximum Gasteiger partial charge on any atom is 0.336 e. The minimum Gasteiger partial charge on any atom is -0.478 e. The number of hydrogen-bond donors (Lipinski definition) is 2. The first-order valence-corrected chi connectivity index (χ1v) is 5.98. The van der Waals surface area contributed by atoms with E-state index in [0.29, 0.717) is 22.3 Å². The smallest absolute Gasteiger partial charge is 0.336 e. The fourth-order valence-electron chi connectivity index (χ4n) is 2.08. The lowest BCUT2D eigenvalue weighted by Gasteiger charge is -2.07. The zero-order chi connectivity index (χ0) is 15.0. The van der Waals surface area contributed by atoms with Gasteiger partial charge in [0.25, 0.3) is 0 Å². The molecule has 102 valence electrons. The molecule has 0 atom stereocenters. The number of fused-ring (bicyclic) bond motifs is 1. The average molecular weight is 279 g/mol. The van der Waals surface area contributed by atoms with Crippen LogP contribution >= 0.6 is 0 Å². The summed E-state index contributed by atoms with van der Waals surface area (Å²) in [6, 6.07) is 10.1. The van der Waals surface area contributed by atoms with Crippen molar-refractivity contribution in [3.05, 3.63) is 47.7 Å². The molecule has 0 aliphatic heterocycles. The summed E-state index contributed by atoms with van der Waals surface area (Å²) >= 11 is 0. The van der Waals surface area contributed by atoms with E-state index in [0.717, 1.165) is 0 Å². The predicted octanol–water partition coefficient (Wildman–Crippen LogP) is 1.55. The van der Waals surface area contributed by atoms with Gasteiger partial charge in [-0.3, -0.25) is 0 Å². The molecule has 0 spiro atoms. The zero-order valence-corrected chi connectivity index (χ0v) is 10.7. The SMILES string of the molecule is N#Cc1ccc(-c2cn3nc(N)nc3cc2C(=O)O)cc1. The van der Waals surface area contributed by atoms with Gasteiger partial charge in [-0.25, -0.2) is 9.31 Å². The Morgan fingerprint density at radius 3 is 2.67 bits per heavy atom. The van der Waals surface area contributed by atoms with Crippen molar-refractivity contribution in [3.63, 3.8) is 0 Å². The number of nitrogen functional groups attached to an aromatic ring is 1. The number of carbonyl (C=O) groups is 1. The van der Waals surface area contributed by atoms with Crippen LogP contribution in [0.15, 0.2) is 36.5 Å². The number of aromatic nitrogens is 3. The highest BCUT2D eigenvalue weighted by atomic mass is 16.4. The number of carboxylic acid groups (broad SMARTS) is 1. The van der Waals surface area contributed by atoms with Crippen LogP contribution in [0.5, 0.6) is 0 Å². The minimum atomic E-state index is -1.07. The molecule has 7 nitrogen and oxygen atoms in total. The van der Waals surface area contributed by atoms with Crippen molar-refractivity contribution in [2.45, 2.75) is 0 Å². The summed E-state index contributed by atoms with van der Waals surface area (Å²) in [5.41, 5.74) is 7.62. The van der Waals surface area contributed by atoms with Crippen molar-refractivity contribution in [1.82, 2.24) is 14.6 Å². The number of anilines is 1. The molecule has 0 aliphatic rings. The normalized spacial score (nSPS) is 10.4. The number of benzene rings is 1. The monoisotopic (exact) mass is 279 g/mol. The number of aromatic carboxylic acids is 1. The van der Waals surface area contributed by atoms with E-state index in [-0.39, 0.29) is 11.5 Å². The lowest BCUT2D eigenvalue weighted by atomic mass is 10.0. The van der Waals surface area contributed by atoms with Crippen LogP contribution in [0.4, 0.5) is 5.95 Å². The summed E-state index contributed by atoms with van der Waals surface area (Å²) in [6.07, 6.45) is 1.56. The van der Waals surface area contributed by atoms with Gasteiger partial charge in [-0.05, 0) is 23.8 Å². The molecule has 0 saturated heterocycles. The predicted molar refractivity (Wildman–Crippen MR) is 74.5 cm³/mol. The number of pyridine rings is 1. The van der Waals surface area contributed by atoms with Crippen LogP contribution in [-0.2, 0) is 0 Å². The van der Waals surface area contributed by atoms with E-state index < -0.39 is 5.97 Å². The molecule has 0 fully saturated rings. The number of carboxylic acids is 1. The van der Waals surface area contributed by atoms with E-state index in [1.807, 2.05) is 6.07 Å². The Balaban J connectivity index is 2.25. The van der Waals surface area contributed by atoms with E-state index in [9.17, 15) is 9.90 Å². The molecular weight excluding hydrogens is 270 g/mol. The van der Waals surface area contributed by atoms with Crippen LogP contribution in [0.3, 0.4) is 0 Å². The van der Waals surface area contributed by atoms with Gasteiger partial charge < -0.3 is 10.8 Å². The summed E-state index contributed by atoms with van der Waals surface area (Å²) in [5.74, 6) is -0.998. The molecule has 3 rings (SSSR count). The first kappa shape index (κ1) is 12.6. The Morgan fingerprint density at radius 2 is 2.05 bits per heavy atom. The number of hydrogen-bond acceptors (Lipinski definition) is 5. The second-order valence-electron chi connectivity index (χ2n) is 4.37. The molecular formula is C14H9N5O2. The third-order valence-corrected chi connectivity index (χ3v) is 3.04. The van der Waals surface area contributed by atoms with Gasteiger partial charge in [0.15, 0.2) is 5.65 Å². The third kappa shape index (κ3) is 2.15. The van der Waals surface area contributed by atoms with E-state index >= 15 is 0 Å². The molecule has 2 aromatic heterocycles. The lowest BCUT2D eigenvalue weighted by Crippen LogP contribution is -2.02. The molecule has 0 bridgehead atoms. The van der Waals surface area contributed by atoms with Crippen LogP contribution in [0, 0.1) is 11.3 Å². The second kappa shape index (κ2) is 4.61. The van der Waals surface area contributed by atoms with Gasteiger partial charge in [0, 0.05) is 11.8 Å². The highest BCUT2D eigenvalue weighted by molar-refractivity contribution is 5.97. The maximum absolute atomic E-state index is 11.4. The van der Waals surface area contributed by atoms with Crippen molar-refractivity contribution in [3.8, 4) is 17.2 Å². The number of nitriles is 1. The third-order valence-electron chi connectivity index (χ3n) is 3.04. The highest BCUT2D eigenvalue weighted by Crippen LogP contribution is 2.25. The lowest BCUT2D eigenvalue weighted by molar-refractivity contribution is 0.0697.